The van der Waals surface area contributed by atoms with Crippen LogP contribution in [0.25, 0.3) is 0 Å². The SMILES string of the molecule is CC1CSCCN(C(=N)N=C(N)N)C1. The van der Waals surface area contributed by atoms with Gasteiger partial charge in [0.05, 0.1) is 0 Å². The number of hydrogen-bond donors (Lipinski definition) is 3. The molecule has 1 aliphatic rings. The predicted molar refractivity (Wildman–Crippen MR) is 61.6 cm³/mol. The number of thioether (sulfide) groups is 1. The van der Waals surface area contributed by atoms with Crippen molar-refractivity contribution in [2.75, 3.05) is 24.6 Å². The summed E-state index contributed by atoms with van der Waals surface area (Å²) < 4.78 is 0. The average Bonchev–Trinajstić information content (AvgIpc) is 2.28. The summed E-state index contributed by atoms with van der Waals surface area (Å²) in [6.45, 7) is 3.89. The minimum atomic E-state index is -0.0421. The van der Waals surface area contributed by atoms with Crippen LogP contribution >= 0.6 is 11.8 Å². The van der Waals surface area contributed by atoms with Gasteiger partial charge in [-0.2, -0.15) is 16.8 Å². The van der Waals surface area contributed by atoms with Crippen molar-refractivity contribution in [1.82, 2.24) is 4.90 Å². The van der Waals surface area contributed by atoms with Gasteiger partial charge >= 0.3 is 0 Å². The van der Waals surface area contributed by atoms with E-state index in [1.165, 1.54) is 0 Å². The molecule has 0 spiro atoms. The summed E-state index contributed by atoms with van der Waals surface area (Å²) in [7, 11) is 0. The van der Waals surface area contributed by atoms with Crippen LogP contribution in [0.5, 0.6) is 0 Å². The summed E-state index contributed by atoms with van der Waals surface area (Å²) in [5, 5.41) is 7.67. The standard InChI is InChI=1S/C8H17N5S/c1-6-4-13(2-3-14-5-6)8(11)12-7(9)10/h6H,2-5H2,1H3,(H5,9,10,11,12). The molecule has 1 rings (SSSR count). The van der Waals surface area contributed by atoms with Crippen molar-refractivity contribution in [1.29, 1.82) is 5.41 Å². The van der Waals surface area contributed by atoms with Crippen LogP contribution in [0.1, 0.15) is 6.92 Å². The van der Waals surface area contributed by atoms with E-state index in [2.05, 4.69) is 11.9 Å². The van der Waals surface area contributed by atoms with E-state index in [0.717, 1.165) is 24.6 Å². The molecule has 0 aromatic carbocycles. The highest BCUT2D eigenvalue weighted by Crippen LogP contribution is 2.15. The number of nitrogens with one attached hydrogen (secondary N) is 1. The van der Waals surface area contributed by atoms with Gasteiger partial charge in [-0.05, 0) is 11.7 Å². The molecule has 6 heteroatoms. The maximum Gasteiger partial charge on any atom is 0.221 e. The molecule has 1 heterocycles. The highest BCUT2D eigenvalue weighted by atomic mass is 32.2. The van der Waals surface area contributed by atoms with Crippen molar-refractivity contribution >= 4 is 23.7 Å². The second kappa shape index (κ2) is 5.09. The van der Waals surface area contributed by atoms with Crippen LogP contribution < -0.4 is 11.5 Å². The number of rotatable bonds is 0. The van der Waals surface area contributed by atoms with Crippen LogP contribution in [0.15, 0.2) is 4.99 Å². The van der Waals surface area contributed by atoms with Crippen molar-refractivity contribution in [3.05, 3.63) is 0 Å². The van der Waals surface area contributed by atoms with Gasteiger partial charge in [0.15, 0.2) is 5.96 Å². The van der Waals surface area contributed by atoms with E-state index in [0.29, 0.717) is 5.92 Å². The van der Waals surface area contributed by atoms with Crippen molar-refractivity contribution in [2.45, 2.75) is 6.92 Å². The lowest BCUT2D eigenvalue weighted by Gasteiger charge is -2.21. The Morgan fingerprint density at radius 2 is 2.29 bits per heavy atom. The third-order valence-corrected chi connectivity index (χ3v) is 3.25. The number of hydrogen-bond acceptors (Lipinski definition) is 2. The predicted octanol–water partition coefficient (Wildman–Crippen LogP) is -0.121. The van der Waals surface area contributed by atoms with Gasteiger partial charge in [0.2, 0.25) is 5.96 Å². The molecule has 0 amide bonds. The maximum absolute atomic E-state index is 7.67. The lowest BCUT2D eigenvalue weighted by atomic mass is 10.2. The van der Waals surface area contributed by atoms with Gasteiger partial charge in [0.25, 0.3) is 0 Å². The summed E-state index contributed by atoms with van der Waals surface area (Å²) >= 11 is 1.91. The van der Waals surface area contributed by atoms with E-state index in [-0.39, 0.29) is 11.9 Å². The van der Waals surface area contributed by atoms with Crippen molar-refractivity contribution in [3.8, 4) is 0 Å². The molecule has 5 nitrogen and oxygen atoms in total. The molecule has 0 saturated carbocycles. The first kappa shape index (κ1) is 11.2. The fourth-order valence-corrected chi connectivity index (χ4v) is 2.39. The Bertz CT molecular complexity index is 236. The van der Waals surface area contributed by atoms with Gasteiger partial charge in [-0.25, -0.2) is 0 Å². The summed E-state index contributed by atoms with van der Waals surface area (Å²) in [6.07, 6.45) is 0. The molecule has 0 aromatic rings. The number of nitrogens with zero attached hydrogens (tertiary/aromatic N) is 2. The van der Waals surface area contributed by atoms with Crippen LogP contribution in [0.2, 0.25) is 0 Å². The van der Waals surface area contributed by atoms with Gasteiger partial charge in [-0.1, -0.05) is 6.92 Å². The quantitative estimate of drug-likeness (QED) is 0.388. The first-order valence-corrected chi connectivity index (χ1v) is 5.76. The summed E-state index contributed by atoms with van der Waals surface area (Å²) in [5.41, 5.74) is 10.5. The zero-order chi connectivity index (χ0) is 10.6. The molecule has 80 valence electrons. The number of guanidine groups is 2. The highest BCUT2D eigenvalue weighted by molar-refractivity contribution is 7.99. The Morgan fingerprint density at radius 1 is 1.57 bits per heavy atom. The topological polar surface area (TPSA) is 91.5 Å². The van der Waals surface area contributed by atoms with E-state index in [1.807, 2.05) is 16.7 Å². The molecule has 14 heavy (non-hydrogen) atoms. The molecule has 0 aliphatic carbocycles. The lowest BCUT2D eigenvalue weighted by Crippen LogP contribution is -2.36. The Kier molecular flexibility index (Phi) is 4.06. The Hall–Kier alpha value is -0.910. The van der Waals surface area contributed by atoms with Gasteiger partial charge in [-0.15, -0.1) is 0 Å². The van der Waals surface area contributed by atoms with Gasteiger partial charge in [0, 0.05) is 18.8 Å². The second-order valence-electron chi connectivity index (χ2n) is 3.49. The molecular weight excluding hydrogens is 198 g/mol. The maximum atomic E-state index is 7.67. The van der Waals surface area contributed by atoms with E-state index >= 15 is 0 Å². The Morgan fingerprint density at radius 3 is 2.93 bits per heavy atom. The number of aliphatic imine (C=N–C) groups is 1. The molecular formula is C8H17N5S. The summed E-state index contributed by atoms with van der Waals surface area (Å²) in [4.78, 5) is 5.67. The largest absolute Gasteiger partial charge is 0.370 e. The first-order chi connectivity index (χ1) is 6.59. The molecule has 5 N–H and O–H groups in total. The lowest BCUT2D eigenvalue weighted by molar-refractivity contribution is 0.388. The fourth-order valence-electron chi connectivity index (χ4n) is 1.36. The third-order valence-electron chi connectivity index (χ3n) is 1.97. The summed E-state index contributed by atoms with van der Waals surface area (Å²) in [6, 6.07) is 0. The average molecular weight is 215 g/mol. The zero-order valence-corrected chi connectivity index (χ0v) is 9.18. The summed E-state index contributed by atoms with van der Waals surface area (Å²) in [5.74, 6) is 2.90. The van der Waals surface area contributed by atoms with Crippen LogP contribution in [-0.4, -0.2) is 41.4 Å². The minimum Gasteiger partial charge on any atom is -0.370 e. The fraction of sp³-hybridized carbons (Fsp3) is 0.750. The van der Waals surface area contributed by atoms with Crippen molar-refractivity contribution < 1.29 is 0 Å². The van der Waals surface area contributed by atoms with Gasteiger partial charge < -0.3 is 16.4 Å². The Balaban J connectivity index is 2.57. The van der Waals surface area contributed by atoms with E-state index in [9.17, 15) is 0 Å². The number of nitrogens with two attached hydrogens (primary N) is 2. The molecule has 0 bridgehead atoms. The normalized spacial score (nSPS) is 22.6. The molecule has 1 saturated heterocycles. The molecule has 1 unspecified atom stereocenters. The van der Waals surface area contributed by atoms with E-state index < -0.39 is 0 Å². The smallest absolute Gasteiger partial charge is 0.221 e. The molecule has 0 aromatic heterocycles. The van der Waals surface area contributed by atoms with Crippen LogP contribution in [0, 0.1) is 11.3 Å². The zero-order valence-electron chi connectivity index (χ0n) is 8.36. The third kappa shape index (κ3) is 3.45. The van der Waals surface area contributed by atoms with E-state index in [4.69, 9.17) is 16.9 Å². The van der Waals surface area contributed by atoms with Crippen molar-refractivity contribution in [3.63, 3.8) is 0 Å². The van der Waals surface area contributed by atoms with Crippen LogP contribution in [0.3, 0.4) is 0 Å². The monoisotopic (exact) mass is 215 g/mol. The minimum absolute atomic E-state index is 0.0421. The second-order valence-corrected chi connectivity index (χ2v) is 4.64. The van der Waals surface area contributed by atoms with Crippen LogP contribution in [0.4, 0.5) is 0 Å². The van der Waals surface area contributed by atoms with Gasteiger partial charge in [0.1, 0.15) is 0 Å². The molecule has 1 aliphatic heterocycles. The Labute approximate surface area is 88.4 Å². The molecule has 1 atom stereocenters. The van der Waals surface area contributed by atoms with Crippen molar-refractivity contribution in [2.24, 2.45) is 22.4 Å². The van der Waals surface area contributed by atoms with Crippen LogP contribution in [-0.2, 0) is 0 Å². The molecule has 1 fully saturated rings. The van der Waals surface area contributed by atoms with E-state index in [1.54, 1.807) is 0 Å². The molecule has 0 radical (unpaired) electrons. The van der Waals surface area contributed by atoms with Gasteiger partial charge in [-0.3, -0.25) is 5.41 Å². The highest BCUT2D eigenvalue weighted by Gasteiger charge is 2.16. The first-order valence-electron chi connectivity index (χ1n) is 4.60.